The summed E-state index contributed by atoms with van der Waals surface area (Å²) < 4.78 is 3.41. The van der Waals surface area contributed by atoms with E-state index in [2.05, 4.69) is 86.7 Å². The fraction of sp³-hybridized carbons (Fsp3) is 0.231. The summed E-state index contributed by atoms with van der Waals surface area (Å²) in [4.78, 5) is 0. The summed E-state index contributed by atoms with van der Waals surface area (Å²) >= 11 is -0.693. The number of benzene rings is 2. The normalized spacial score (nSPS) is 16.7. The number of hydrogen-bond acceptors (Lipinski definition) is 0. The van der Waals surface area contributed by atoms with Gasteiger partial charge in [0.15, 0.2) is 0 Å². The van der Waals surface area contributed by atoms with Crippen LogP contribution in [0.3, 0.4) is 0 Å². The first-order chi connectivity index (χ1) is 13.2. The molecule has 0 aromatic heterocycles. The Kier molecular flexibility index (Phi) is 5.89. The molecule has 0 aliphatic heterocycles. The van der Waals surface area contributed by atoms with Crippen LogP contribution in [0, 0.1) is 0 Å². The Hall–Kier alpha value is -1.72. The van der Waals surface area contributed by atoms with Gasteiger partial charge in [0.25, 0.3) is 0 Å². The predicted octanol–water partition coefficient (Wildman–Crippen LogP) is 6.76. The average molecular weight is 430 g/mol. The van der Waals surface area contributed by atoms with Crippen LogP contribution < -0.4 is 0 Å². The van der Waals surface area contributed by atoms with E-state index in [9.17, 15) is 0 Å². The maximum absolute atomic E-state index is 2.54. The molecule has 27 heavy (non-hydrogen) atoms. The molecule has 0 saturated heterocycles. The Morgan fingerprint density at radius 1 is 0.630 bits per heavy atom. The van der Waals surface area contributed by atoms with Crippen molar-refractivity contribution in [2.75, 3.05) is 0 Å². The molecule has 0 amide bonds. The monoisotopic (exact) mass is 428 g/mol. The van der Waals surface area contributed by atoms with Crippen LogP contribution in [0.1, 0.15) is 37.8 Å². The SMILES string of the molecule is CC1=[C]([Zr][C]2=C(C)CC(Cc3ccccc3)=C2)C=C(Cc2ccccc2)C1. The van der Waals surface area contributed by atoms with E-state index < -0.39 is 23.2 Å². The second-order valence-electron chi connectivity index (χ2n) is 7.80. The molecule has 1 heteroatoms. The zero-order valence-corrected chi connectivity index (χ0v) is 18.7. The summed E-state index contributed by atoms with van der Waals surface area (Å²) in [5.74, 6) is 0. The van der Waals surface area contributed by atoms with E-state index in [0.29, 0.717) is 0 Å². The fourth-order valence-corrected chi connectivity index (χ4v) is 7.56. The second-order valence-corrected chi connectivity index (χ2v) is 11.1. The van der Waals surface area contributed by atoms with Gasteiger partial charge in [0, 0.05) is 0 Å². The van der Waals surface area contributed by atoms with Crippen molar-refractivity contribution < 1.29 is 23.2 Å². The van der Waals surface area contributed by atoms with Crippen LogP contribution in [-0.4, -0.2) is 0 Å². The van der Waals surface area contributed by atoms with Gasteiger partial charge in [-0.05, 0) is 0 Å². The van der Waals surface area contributed by atoms with Gasteiger partial charge in [-0.15, -0.1) is 0 Å². The zero-order chi connectivity index (χ0) is 18.6. The van der Waals surface area contributed by atoms with Gasteiger partial charge in [-0.1, -0.05) is 0 Å². The van der Waals surface area contributed by atoms with Crippen molar-refractivity contribution in [3.8, 4) is 0 Å². The first kappa shape index (κ1) is 18.6. The predicted molar refractivity (Wildman–Crippen MR) is 111 cm³/mol. The van der Waals surface area contributed by atoms with Crippen LogP contribution in [0.2, 0.25) is 0 Å². The quantitative estimate of drug-likeness (QED) is 0.476. The van der Waals surface area contributed by atoms with Crippen molar-refractivity contribution in [3.05, 3.63) is 113 Å². The molecule has 0 radical (unpaired) electrons. The summed E-state index contributed by atoms with van der Waals surface area (Å²) in [6.45, 7) is 4.70. The molecule has 0 spiro atoms. The summed E-state index contributed by atoms with van der Waals surface area (Å²) in [5.41, 5.74) is 9.31. The van der Waals surface area contributed by atoms with Crippen LogP contribution in [0.15, 0.2) is 102 Å². The van der Waals surface area contributed by atoms with Gasteiger partial charge in [-0.3, -0.25) is 0 Å². The molecule has 0 nitrogen and oxygen atoms in total. The van der Waals surface area contributed by atoms with Gasteiger partial charge < -0.3 is 0 Å². The fourth-order valence-electron chi connectivity index (χ4n) is 4.00. The van der Waals surface area contributed by atoms with E-state index in [1.54, 1.807) is 28.9 Å². The Balaban J connectivity index is 1.43. The van der Waals surface area contributed by atoms with E-state index in [0.717, 1.165) is 12.8 Å². The minimum atomic E-state index is -0.693. The van der Waals surface area contributed by atoms with Crippen molar-refractivity contribution in [1.82, 2.24) is 0 Å². The first-order valence-corrected chi connectivity index (χ1v) is 12.3. The Labute approximate surface area is 175 Å². The summed E-state index contributed by atoms with van der Waals surface area (Å²) in [7, 11) is 0. The van der Waals surface area contributed by atoms with Crippen LogP contribution in [0.4, 0.5) is 0 Å². The van der Waals surface area contributed by atoms with Crippen molar-refractivity contribution in [3.63, 3.8) is 0 Å². The van der Waals surface area contributed by atoms with Gasteiger partial charge in [0.05, 0.1) is 0 Å². The molecule has 0 N–H and O–H groups in total. The van der Waals surface area contributed by atoms with Crippen LogP contribution in [-0.2, 0) is 36.1 Å². The van der Waals surface area contributed by atoms with Crippen LogP contribution >= 0.6 is 0 Å². The summed E-state index contributed by atoms with van der Waals surface area (Å²) in [6, 6.07) is 21.8. The number of rotatable bonds is 6. The first-order valence-electron chi connectivity index (χ1n) is 9.80. The maximum atomic E-state index is 2.54. The molecule has 2 aliphatic rings. The third kappa shape index (κ3) is 4.77. The van der Waals surface area contributed by atoms with Gasteiger partial charge in [-0.25, -0.2) is 0 Å². The van der Waals surface area contributed by atoms with E-state index >= 15 is 0 Å². The third-order valence-electron chi connectivity index (χ3n) is 5.42. The van der Waals surface area contributed by atoms with E-state index in [-0.39, 0.29) is 0 Å². The molecule has 2 aromatic rings. The van der Waals surface area contributed by atoms with E-state index in [1.807, 2.05) is 0 Å². The second kappa shape index (κ2) is 8.53. The van der Waals surface area contributed by atoms with Crippen molar-refractivity contribution >= 4 is 0 Å². The molecule has 4 rings (SSSR count). The van der Waals surface area contributed by atoms with Crippen molar-refractivity contribution in [1.29, 1.82) is 0 Å². The molecule has 0 bridgehead atoms. The molecule has 2 aliphatic carbocycles. The summed E-state index contributed by atoms with van der Waals surface area (Å²) in [6.07, 6.45) is 9.65. The Morgan fingerprint density at radius 2 is 1.04 bits per heavy atom. The topological polar surface area (TPSA) is 0 Å². The molecular weight excluding hydrogens is 404 g/mol. The molecule has 0 heterocycles. The van der Waals surface area contributed by atoms with E-state index in [1.165, 1.54) is 24.0 Å². The molecule has 134 valence electrons. The molecule has 0 saturated carbocycles. The van der Waals surface area contributed by atoms with Gasteiger partial charge in [0.2, 0.25) is 0 Å². The number of allylic oxidation sites excluding steroid dienone is 8. The van der Waals surface area contributed by atoms with Crippen LogP contribution in [0.25, 0.3) is 0 Å². The van der Waals surface area contributed by atoms with Gasteiger partial charge in [-0.2, -0.15) is 0 Å². The van der Waals surface area contributed by atoms with E-state index in [4.69, 9.17) is 0 Å². The molecule has 0 unspecified atom stereocenters. The van der Waals surface area contributed by atoms with Crippen molar-refractivity contribution in [2.45, 2.75) is 39.5 Å². The minimum absolute atomic E-state index is 0.693. The van der Waals surface area contributed by atoms with Gasteiger partial charge >= 0.3 is 176 Å². The van der Waals surface area contributed by atoms with Gasteiger partial charge in [0.1, 0.15) is 0 Å². The molecule has 0 fully saturated rings. The molecule has 0 atom stereocenters. The third-order valence-corrected chi connectivity index (χ3v) is 9.55. The number of hydrogen-bond donors (Lipinski definition) is 0. The van der Waals surface area contributed by atoms with Crippen LogP contribution in [0.5, 0.6) is 0 Å². The van der Waals surface area contributed by atoms with Crippen molar-refractivity contribution in [2.24, 2.45) is 0 Å². The zero-order valence-electron chi connectivity index (χ0n) is 16.3. The molecule has 2 aromatic carbocycles. The standard InChI is InChI=1S/2C13H13.Zr/c2*1-11-7-8-13(9-11)10-12-5-3-2-4-6-12;/h2*2-6,8H,9-10H2,1H3;. The average Bonchev–Trinajstić information content (AvgIpc) is 3.19. The molecular formula is C26H26Zr. The Morgan fingerprint density at radius 3 is 1.44 bits per heavy atom. The summed E-state index contributed by atoms with van der Waals surface area (Å²) in [5, 5.41) is 0. The Bertz CT molecular complexity index is 861.